The van der Waals surface area contributed by atoms with Crippen molar-refractivity contribution in [2.24, 2.45) is 5.73 Å². The largest absolute Gasteiger partial charge is 0.457 e. The molecule has 1 atom stereocenters. The molecule has 0 amide bonds. The van der Waals surface area contributed by atoms with Crippen LogP contribution >= 0.6 is 12.4 Å². The van der Waals surface area contributed by atoms with Crippen LogP contribution < -0.4 is 10.5 Å². The summed E-state index contributed by atoms with van der Waals surface area (Å²) in [5, 5.41) is 0. The van der Waals surface area contributed by atoms with Crippen LogP contribution in [0.1, 0.15) is 5.56 Å². The van der Waals surface area contributed by atoms with E-state index in [1.54, 1.807) is 36.4 Å². The third-order valence-electron chi connectivity index (χ3n) is 3.04. The van der Waals surface area contributed by atoms with Gasteiger partial charge < -0.3 is 15.2 Å². The van der Waals surface area contributed by atoms with Gasteiger partial charge in [-0.25, -0.2) is 0 Å². The number of halogens is 4. The molecule has 25 heavy (non-hydrogen) atoms. The van der Waals surface area contributed by atoms with Crippen LogP contribution in [-0.2, 0) is 16.0 Å². The molecule has 0 aliphatic carbocycles. The fraction of sp³-hybridized carbons (Fsp3) is 0.235. The van der Waals surface area contributed by atoms with Gasteiger partial charge in [-0.05, 0) is 36.2 Å². The van der Waals surface area contributed by atoms with Crippen molar-refractivity contribution in [2.75, 3.05) is 6.61 Å². The highest BCUT2D eigenvalue weighted by Gasteiger charge is 2.30. The zero-order valence-corrected chi connectivity index (χ0v) is 13.8. The van der Waals surface area contributed by atoms with Gasteiger partial charge in [-0.2, -0.15) is 13.2 Å². The Morgan fingerprint density at radius 3 is 2.12 bits per heavy atom. The van der Waals surface area contributed by atoms with Crippen molar-refractivity contribution < 1.29 is 27.4 Å². The van der Waals surface area contributed by atoms with Gasteiger partial charge in [0.05, 0.1) is 0 Å². The Hall–Kier alpha value is -2.25. The van der Waals surface area contributed by atoms with Gasteiger partial charge >= 0.3 is 12.1 Å². The molecular formula is C17H17ClF3NO3. The number of rotatable bonds is 6. The molecule has 0 heterocycles. The fourth-order valence-electron chi connectivity index (χ4n) is 1.92. The van der Waals surface area contributed by atoms with E-state index in [4.69, 9.17) is 10.5 Å². The van der Waals surface area contributed by atoms with Crippen molar-refractivity contribution in [3.05, 3.63) is 60.2 Å². The van der Waals surface area contributed by atoms with Crippen LogP contribution in [0.2, 0.25) is 0 Å². The number of ether oxygens (including phenoxy) is 2. The van der Waals surface area contributed by atoms with Crippen molar-refractivity contribution in [2.45, 2.75) is 18.6 Å². The molecule has 2 aromatic carbocycles. The van der Waals surface area contributed by atoms with E-state index in [0.717, 1.165) is 0 Å². The number of carbonyl (C=O) groups is 1. The van der Waals surface area contributed by atoms with Gasteiger partial charge in [0.15, 0.2) is 6.61 Å². The van der Waals surface area contributed by atoms with Crippen molar-refractivity contribution in [1.82, 2.24) is 0 Å². The smallest absolute Gasteiger partial charge is 0.422 e. The average molecular weight is 376 g/mol. The lowest BCUT2D eigenvalue weighted by Crippen LogP contribution is -2.36. The van der Waals surface area contributed by atoms with Gasteiger partial charge in [-0.15, -0.1) is 12.4 Å². The van der Waals surface area contributed by atoms with Gasteiger partial charge in [-0.1, -0.05) is 30.3 Å². The summed E-state index contributed by atoms with van der Waals surface area (Å²) >= 11 is 0. The Balaban J connectivity index is 0.00000312. The van der Waals surface area contributed by atoms with Crippen molar-refractivity contribution in [3.63, 3.8) is 0 Å². The quantitative estimate of drug-likeness (QED) is 0.778. The second kappa shape index (κ2) is 9.29. The minimum absolute atomic E-state index is 0. The van der Waals surface area contributed by atoms with Crippen molar-refractivity contribution in [1.29, 1.82) is 0 Å². The third kappa shape index (κ3) is 7.45. The number of para-hydroxylation sites is 1. The highest BCUT2D eigenvalue weighted by molar-refractivity contribution is 5.85. The molecule has 0 unspecified atom stereocenters. The molecule has 2 aromatic rings. The van der Waals surface area contributed by atoms with Crippen LogP contribution in [0.15, 0.2) is 54.6 Å². The minimum Gasteiger partial charge on any atom is -0.457 e. The predicted octanol–water partition coefficient (Wildman–Crippen LogP) is 3.88. The summed E-state index contributed by atoms with van der Waals surface area (Å²) in [4.78, 5) is 11.4. The second-order valence-electron chi connectivity index (χ2n) is 5.09. The standard InChI is InChI=1S/C17H16F3NO3.ClH/c18-17(19,20)11-23-16(22)15(21)10-12-6-8-14(9-7-12)24-13-4-2-1-3-5-13;/h1-9,15H,10-11,21H2;1H/t15-;/m0./s1. The van der Waals surface area contributed by atoms with E-state index >= 15 is 0 Å². The first-order valence-electron chi connectivity index (χ1n) is 7.14. The first-order chi connectivity index (χ1) is 11.3. The third-order valence-corrected chi connectivity index (χ3v) is 3.04. The molecule has 0 spiro atoms. The van der Waals surface area contributed by atoms with Gasteiger partial charge in [0.1, 0.15) is 17.5 Å². The van der Waals surface area contributed by atoms with E-state index in [2.05, 4.69) is 4.74 Å². The zero-order valence-electron chi connectivity index (χ0n) is 13.0. The maximum atomic E-state index is 12.0. The van der Waals surface area contributed by atoms with Crippen LogP contribution in [-0.4, -0.2) is 24.8 Å². The zero-order chi connectivity index (χ0) is 17.6. The number of alkyl halides is 3. The highest BCUT2D eigenvalue weighted by atomic mass is 35.5. The molecule has 0 saturated heterocycles. The first-order valence-corrected chi connectivity index (χ1v) is 7.14. The fourth-order valence-corrected chi connectivity index (χ4v) is 1.92. The highest BCUT2D eigenvalue weighted by Crippen LogP contribution is 2.21. The molecule has 2 N–H and O–H groups in total. The van der Waals surface area contributed by atoms with Crippen LogP contribution in [0.4, 0.5) is 13.2 Å². The monoisotopic (exact) mass is 375 g/mol. The summed E-state index contributed by atoms with van der Waals surface area (Å²) in [5.41, 5.74) is 6.25. The Bertz CT molecular complexity index is 663. The summed E-state index contributed by atoms with van der Waals surface area (Å²) in [6.45, 7) is -1.64. The number of nitrogens with two attached hydrogens (primary N) is 1. The molecule has 0 saturated carbocycles. The van der Waals surface area contributed by atoms with Gasteiger partial charge in [0.25, 0.3) is 0 Å². The van der Waals surface area contributed by atoms with E-state index in [9.17, 15) is 18.0 Å². The van der Waals surface area contributed by atoms with Gasteiger partial charge in [0, 0.05) is 0 Å². The predicted molar refractivity (Wildman–Crippen MR) is 88.9 cm³/mol. The lowest BCUT2D eigenvalue weighted by molar-refractivity contribution is -0.187. The number of carbonyl (C=O) groups excluding carboxylic acids is 1. The van der Waals surface area contributed by atoms with Crippen molar-refractivity contribution in [3.8, 4) is 11.5 Å². The Morgan fingerprint density at radius 1 is 1.00 bits per heavy atom. The number of esters is 1. The SMILES string of the molecule is Cl.N[C@@H](Cc1ccc(Oc2ccccc2)cc1)C(=O)OCC(F)(F)F. The molecule has 0 aromatic heterocycles. The van der Waals surface area contributed by atoms with E-state index < -0.39 is 24.8 Å². The molecule has 0 fully saturated rings. The van der Waals surface area contributed by atoms with Crippen LogP contribution in [0.25, 0.3) is 0 Å². The molecule has 0 bridgehead atoms. The Kier molecular flexibility index (Phi) is 7.73. The normalized spacial score (nSPS) is 12.0. The first kappa shape index (κ1) is 20.8. The van der Waals surface area contributed by atoms with E-state index in [1.807, 2.05) is 18.2 Å². The molecule has 0 radical (unpaired) electrons. The summed E-state index contributed by atoms with van der Waals surface area (Å²) < 4.78 is 45.7. The van der Waals surface area contributed by atoms with E-state index in [-0.39, 0.29) is 18.8 Å². The van der Waals surface area contributed by atoms with Crippen LogP contribution in [0.3, 0.4) is 0 Å². The molecule has 0 aliphatic rings. The van der Waals surface area contributed by atoms with Gasteiger partial charge in [0.2, 0.25) is 0 Å². The van der Waals surface area contributed by atoms with E-state index in [0.29, 0.717) is 17.1 Å². The lowest BCUT2D eigenvalue weighted by atomic mass is 10.1. The molecular weight excluding hydrogens is 359 g/mol. The maximum absolute atomic E-state index is 12.0. The lowest BCUT2D eigenvalue weighted by Gasteiger charge is -2.13. The molecule has 2 rings (SSSR count). The number of hydrogen-bond acceptors (Lipinski definition) is 4. The van der Waals surface area contributed by atoms with E-state index in [1.165, 1.54) is 0 Å². The topological polar surface area (TPSA) is 61.5 Å². The average Bonchev–Trinajstić information content (AvgIpc) is 2.54. The molecule has 8 heteroatoms. The van der Waals surface area contributed by atoms with Gasteiger partial charge in [-0.3, -0.25) is 4.79 Å². The Labute approximate surface area is 149 Å². The summed E-state index contributed by atoms with van der Waals surface area (Å²) in [6.07, 6.45) is -4.49. The second-order valence-corrected chi connectivity index (χ2v) is 5.09. The summed E-state index contributed by atoms with van der Waals surface area (Å²) in [6, 6.07) is 14.8. The molecule has 0 aliphatic heterocycles. The number of benzene rings is 2. The van der Waals surface area contributed by atoms with Crippen LogP contribution in [0, 0.1) is 0 Å². The van der Waals surface area contributed by atoms with Crippen molar-refractivity contribution >= 4 is 18.4 Å². The summed E-state index contributed by atoms with van der Waals surface area (Å²) in [5.74, 6) is 0.188. The summed E-state index contributed by atoms with van der Waals surface area (Å²) in [7, 11) is 0. The maximum Gasteiger partial charge on any atom is 0.422 e. The van der Waals surface area contributed by atoms with Crippen LogP contribution in [0.5, 0.6) is 11.5 Å². The Morgan fingerprint density at radius 2 is 1.56 bits per heavy atom. The molecule has 136 valence electrons. The molecule has 4 nitrogen and oxygen atoms in total. The number of hydrogen-bond donors (Lipinski definition) is 1. The minimum atomic E-state index is -4.56.